The van der Waals surface area contributed by atoms with Gasteiger partial charge >= 0.3 is 11.9 Å². The number of nitroso groups, excluding NO2 is 1. The quantitative estimate of drug-likeness (QED) is 0.163. The van der Waals surface area contributed by atoms with E-state index in [-0.39, 0.29) is 34.2 Å². The lowest BCUT2D eigenvalue weighted by molar-refractivity contribution is -0.359. The summed E-state index contributed by atoms with van der Waals surface area (Å²) in [7, 11) is 0. The Hall–Kier alpha value is -3.55. The second kappa shape index (κ2) is 8.67. The van der Waals surface area contributed by atoms with Crippen molar-refractivity contribution in [1.29, 1.82) is 0 Å². The summed E-state index contributed by atoms with van der Waals surface area (Å²) in [5, 5.41) is 16.2. The van der Waals surface area contributed by atoms with Gasteiger partial charge in [-0.15, -0.1) is 4.91 Å². The molecule has 0 radical (unpaired) electrons. The Morgan fingerprint density at radius 3 is 2.16 bits per heavy atom. The second-order valence-electron chi connectivity index (χ2n) is 9.04. The van der Waals surface area contributed by atoms with Gasteiger partial charge in [0, 0.05) is 6.08 Å². The summed E-state index contributed by atoms with van der Waals surface area (Å²) in [6, 6.07) is 4.17. The van der Waals surface area contributed by atoms with Gasteiger partial charge in [0.15, 0.2) is 5.69 Å². The van der Waals surface area contributed by atoms with Crippen LogP contribution in [0.25, 0.3) is 0 Å². The van der Waals surface area contributed by atoms with Crippen molar-refractivity contribution < 1.29 is 23.8 Å². The number of rotatable bonds is 4. The number of para-hydroxylation sites is 1. The monoisotopic (exact) mass is 426 g/mol. The fourth-order valence-electron chi connectivity index (χ4n) is 2.34. The number of benzene rings is 1. The first-order chi connectivity index (χ1) is 14.3. The maximum absolute atomic E-state index is 13.3. The molecule has 0 spiro atoms. The van der Waals surface area contributed by atoms with Crippen molar-refractivity contribution in [2.45, 2.75) is 41.5 Å². The van der Waals surface area contributed by atoms with E-state index >= 15 is 0 Å². The zero-order chi connectivity index (χ0) is 23.6. The van der Waals surface area contributed by atoms with Gasteiger partial charge in [0.1, 0.15) is 5.76 Å². The van der Waals surface area contributed by atoms with E-state index in [1.54, 1.807) is 41.5 Å². The van der Waals surface area contributed by atoms with E-state index in [2.05, 4.69) is 11.8 Å². The second-order valence-corrected chi connectivity index (χ2v) is 9.04. The molecule has 1 aromatic carbocycles. The van der Waals surface area contributed by atoms with Crippen LogP contribution in [0.2, 0.25) is 0 Å². The van der Waals surface area contributed by atoms with Crippen LogP contribution < -0.4 is 4.74 Å². The molecule has 2 rings (SSSR count). The van der Waals surface area contributed by atoms with Gasteiger partial charge in [0.2, 0.25) is 11.5 Å². The van der Waals surface area contributed by atoms with Crippen molar-refractivity contribution in [3.63, 3.8) is 0 Å². The average molecular weight is 426 g/mol. The molecule has 0 heterocycles. The predicted molar refractivity (Wildman–Crippen MR) is 117 cm³/mol. The van der Waals surface area contributed by atoms with Crippen molar-refractivity contribution in [3.8, 4) is 5.75 Å². The predicted octanol–water partition coefficient (Wildman–Crippen LogP) is 5.22. The van der Waals surface area contributed by atoms with Gasteiger partial charge in [-0.1, -0.05) is 18.7 Å². The van der Waals surface area contributed by atoms with Crippen LogP contribution in [0.3, 0.4) is 0 Å². The number of allylic oxidation sites excluding steroid dienone is 4. The molecule has 8 nitrogen and oxygen atoms in total. The molecule has 0 atom stereocenters. The van der Waals surface area contributed by atoms with E-state index < -0.39 is 22.8 Å². The van der Waals surface area contributed by atoms with Gasteiger partial charge in [-0.2, -0.15) is 4.74 Å². The number of nitrogens with zero attached hydrogens (tertiary/aromatic N) is 2. The molecule has 0 aliphatic heterocycles. The van der Waals surface area contributed by atoms with Gasteiger partial charge in [0.05, 0.1) is 16.4 Å². The number of carbonyl (C=O) groups is 2. The minimum absolute atomic E-state index is 0.00312. The third-order valence-corrected chi connectivity index (χ3v) is 4.24. The zero-order valence-electron chi connectivity index (χ0n) is 18.5. The van der Waals surface area contributed by atoms with Crippen LogP contribution in [-0.2, 0) is 14.3 Å². The van der Waals surface area contributed by atoms with Crippen molar-refractivity contribution in [1.82, 2.24) is 0 Å². The van der Waals surface area contributed by atoms with Crippen LogP contribution >= 0.6 is 0 Å². The first kappa shape index (κ1) is 23.7. The molecule has 0 N–H and O–H groups in total. The summed E-state index contributed by atoms with van der Waals surface area (Å²) in [6.07, 6.45) is 4.46. The molecule has 1 aliphatic carbocycles. The lowest BCUT2D eigenvalue weighted by atomic mass is 9.97. The van der Waals surface area contributed by atoms with E-state index in [4.69, 9.17) is 9.47 Å². The van der Waals surface area contributed by atoms with Gasteiger partial charge in [-0.3, -0.25) is 9.59 Å². The van der Waals surface area contributed by atoms with Crippen molar-refractivity contribution in [2.24, 2.45) is 16.0 Å². The van der Waals surface area contributed by atoms with Crippen molar-refractivity contribution in [3.05, 3.63) is 64.5 Å². The van der Waals surface area contributed by atoms with E-state index in [1.807, 2.05) is 0 Å². The number of hydrogen-bond acceptors (Lipinski definition) is 7. The molecule has 0 aromatic heterocycles. The fraction of sp³-hybridized carbons (Fsp3) is 0.348. The SMILES string of the molecule is C=C1C(OC(=O)C(C)(C)C)=CC=C/C1=[N+](\[O-])c1c(N=O)cccc1OC(=O)C(C)(C)C. The molecule has 0 saturated heterocycles. The zero-order valence-corrected chi connectivity index (χ0v) is 18.5. The average Bonchev–Trinajstić information content (AvgIpc) is 2.67. The molecule has 1 aliphatic rings. The minimum Gasteiger partial charge on any atom is -0.618 e. The first-order valence-electron chi connectivity index (χ1n) is 9.60. The van der Waals surface area contributed by atoms with Crippen molar-refractivity contribution in [2.75, 3.05) is 0 Å². The molecule has 0 unspecified atom stereocenters. The smallest absolute Gasteiger partial charge is 0.316 e. The molecule has 1 aromatic rings. The third-order valence-electron chi connectivity index (χ3n) is 4.24. The Morgan fingerprint density at radius 1 is 1.03 bits per heavy atom. The van der Waals surface area contributed by atoms with Gasteiger partial charge in [-0.25, -0.2) is 0 Å². The maximum atomic E-state index is 13.3. The Morgan fingerprint density at radius 2 is 1.61 bits per heavy atom. The van der Waals surface area contributed by atoms with Crippen LogP contribution in [0, 0.1) is 20.9 Å². The Bertz CT molecular complexity index is 1030. The van der Waals surface area contributed by atoms with Gasteiger partial charge < -0.3 is 14.7 Å². The molecule has 8 heteroatoms. The summed E-state index contributed by atoms with van der Waals surface area (Å²) in [5.41, 5.74) is -1.94. The molecule has 0 amide bonds. The maximum Gasteiger partial charge on any atom is 0.316 e. The summed E-state index contributed by atoms with van der Waals surface area (Å²) in [6.45, 7) is 13.9. The first-order valence-corrected chi connectivity index (χ1v) is 9.60. The van der Waals surface area contributed by atoms with E-state index in [9.17, 15) is 19.7 Å². The highest BCUT2D eigenvalue weighted by molar-refractivity contribution is 6.09. The minimum atomic E-state index is -0.839. The molecule has 31 heavy (non-hydrogen) atoms. The Balaban J connectivity index is 2.53. The fourth-order valence-corrected chi connectivity index (χ4v) is 2.34. The summed E-state index contributed by atoms with van der Waals surface area (Å²) in [4.78, 5) is 36.0. The molecule has 0 saturated carbocycles. The lowest BCUT2D eigenvalue weighted by Crippen LogP contribution is -2.26. The number of hydrogen-bond donors (Lipinski definition) is 0. The highest BCUT2D eigenvalue weighted by Gasteiger charge is 2.32. The van der Waals surface area contributed by atoms with Crippen LogP contribution in [0.15, 0.2) is 59.5 Å². The van der Waals surface area contributed by atoms with Crippen LogP contribution in [0.5, 0.6) is 5.75 Å². The van der Waals surface area contributed by atoms with E-state index in [0.29, 0.717) is 4.74 Å². The van der Waals surface area contributed by atoms with Crippen LogP contribution in [0.1, 0.15) is 41.5 Å². The topological polar surface area (TPSA) is 108 Å². The highest BCUT2D eigenvalue weighted by atomic mass is 16.5. The number of carbonyl (C=O) groups excluding carboxylic acids is 2. The molecule has 164 valence electrons. The third kappa shape index (κ3) is 5.33. The summed E-state index contributed by atoms with van der Waals surface area (Å²) >= 11 is 0. The molecular formula is C23H26N2O6. The largest absolute Gasteiger partial charge is 0.618 e. The molecule has 0 bridgehead atoms. The highest BCUT2D eigenvalue weighted by Crippen LogP contribution is 2.39. The van der Waals surface area contributed by atoms with E-state index in [1.165, 1.54) is 36.4 Å². The molecular weight excluding hydrogens is 400 g/mol. The Kier molecular flexibility index (Phi) is 6.64. The standard InChI is InChI=1S/C23H26N2O6/c1-14-16(11-9-12-17(14)30-20(26)22(2,3)4)25(29)19-15(24-28)10-8-13-18(19)31-21(27)23(5,6)7/h8-13H,1H2,2-7H3/b25-16+. The van der Waals surface area contributed by atoms with Crippen LogP contribution in [-0.4, -0.2) is 22.4 Å². The van der Waals surface area contributed by atoms with Gasteiger partial charge in [0.25, 0.3) is 5.69 Å². The van der Waals surface area contributed by atoms with Crippen molar-refractivity contribution >= 4 is 29.0 Å². The van der Waals surface area contributed by atoms with E-state index in [0.717, 1.165) is 0 Å². The van der Waals surface area contributed by atoms with Crippen LogP contribution in [0.4, 0.5) is 11.4 Å². The lowest BCUT2D eigenvalue weighted by Gasteiger charge is -2.21. The normalized spacial score (nSPS) is 15.8. The summed E-state index contributed by atoms with van der Waals surface area (Å²) < 4.78 is 11.2. The number of esters is 2. The summed E-state index contributed by atoms with van der Waals surface area (Å²) in [5.74, 6) is -1.11. The number of ether oxygens (including phenoxy) is 2. The molecule has 0 fully saturated rings. The Labute approximate surface area is 181 Å². The van der Waals surface area contributed by atoms with Gasteiger partial charge in [-0.05, 0) is 64.9 Å².